The number of carbonyl (C=O) groups is 1. The summed E-state index contributed by atoms with van der Waals surface area (Å²) >= 11 is 0. The molecule has 0 rings (SSSR count). The van der Waals surface area contributed by atoms with Crippen molar-refractivity contribution in [3.8, 4) is 0 Å². The summed E-state index contributed by atoms with van der Waals surface area (Å²) in [7, 11) is 1.58. The second kappa shape index (κ2) is 21.5. The van der Waals surface area contributed by atoms with Gasteiger partial charge in [-0.1, -0.05) is 27.7 Å². The monoisotopic (exact) mass is 437 g/mol. The van der Waals surface area contributed by atoms with Crippen molar-refractivity contribution < 1.29 is 29.2 Å². The SMILES string of the molecule is CC.CC.COCCC(=O)NCCCCOC(C)(C)COC(C)(C)CC(CO)CO. The first-order chi connectivity index (χ1) is 14.2. The second-order valence-corrected chi connectivity index (χ2v) is 7.89. The highest BCUT2D eigenvalue weighted by molar-refractivity contribution is 5.75. The van der Waals surface area contributed by atoms with Gasteiger partial charge >= 0.3 is 0 Å². The molecule has 0 saturated carbocycles. The Morgan fingerprint density at radius 2 is 1.47 bits per heavy atom. The van der Waals surface area contributed by atoms with Crippen LogP contribution in [0.2, 0.25) is 0 Å². The lowest BCUT2D eigenvalue weighted by molar-refractivity contribution is -0.128. The zero-order chi connectivity index (χ0) is 24.1. The van der Waals surface area contributed by atoms with E-state index in [0.29, 0.717) is 39.2 Å². The Kier molecular flexibility index (Phi) is 24.3. The van der Waals surface area contributed by atoms with E-state index in [-0.39, 0.29) is 25.0 Å². The summed E-state index contributed by atoms with van der Waals surface area (Å²) in [5.41, 5.74) is -0.865. The van der Waals surface area contributed by atoms with Gasteiger partial charge in [0.2, 0.25) is 5.91 Å². The van der Waals surface area contributed by atoms with Crippen molar-refractivity contribution in [1.29, 1.82) is 0 Å². The topological polar surface area (TPSA) is 97.3 Å². The van der Waals surface area contributed by atoms with Crippen LogP contribution in [0.15, 0.2) is 0 Å². The van der Waals surface area contributed by atoms with Gasteiger partial charge in [0.1, 0.15) is 0 Å². The molecule has 3 N–H and O–H groups in total. The predicted molar refractivity (Wildman–Crippen MR) is 124 cm³/mol. The average molecular weight is 438 g/mol. The summed E-state index contributed by atoms with van der Waals surface area (Å²) in [5.74, 6) is -0.166. The molecule has 7 nitrogen and oxygen atoms in total. The van der Waals surface area contributed by atoms with E-state index in [9.17, 15) is 15.0 Å². The summed E-state index contributed by atoms with van der Waals surface area (Å²) in [4.78, 5) is 11.4. The number of amides is 1. The molecular formula is C23H51NO6. The summed E-state index contributed by atoms with van der Waals surface area (Å²) in [6, 6.07) is 0. The molecule has 0 atom stereocenters. The number of methoxy groups -OCH3 is 1. The van der Waals surface area contributed by atoms with Gasteiger partial charge in [0.15, 0.2) is 0 Å². The van der Waals surface area contributed by atoms with Gasteiger partial charge in [-0.05, 0) is 47.0 Å². The van der Waals surface area contributed by atoms with Crippen molar-refractivity contribution in [2.24, 2.45) is 5.92 Å². The third kappa shape index (κ3) is 22.0. The van der Waals surface area contributed by atoms with Crippen molar-refractivity contribution in [2.45, 2.75) is 92.3 Å². The van der Waals surface area contributed by atoms with E-state index >= 15 is 0 Å². The lowest BCUT2D eigenvalue weighted by atomic mass is 9.94. The minimum absolute atomic E-state index is 0.00722. The molecule has 0 radical (unpaired) electrons. The number of aliphatic hydroxyl groups is 2. The van der Waals surface area contributed by atoms with E-state index in [1.807, 2.05) is 55.4 Å². The van der Waals surface area contributed by atoms with Crippen molar-refractivity contribution in [3.63, 3.8) is 0 Å². The Bertz CT molecular complexity index is 371. The summed E-state index contributed by atoms with van der Waals surface area (Å²) in [6.45, 7) is 17.9. The molecule has 0 aliphatic rings. The van der Waals surface area contributed by atoms with Crippen LogP contribution in [0.4, 0.5) is 0 Å². The first kappa shape index (κ1) is 33.9. The minimum Gasteiger partial charge on any atom is -0.396 e. The van der Waals surface area contributed by atoms with E-state index in [4.69, 9.17) is 14.2 Å². The molecule has 0 aromatic heterocycles. The summed E-state index contributed by atoms with van der Waals surface area (Å²) in [6.07, 6.45) is 2.68. The first-order valence-corrected chi connectivity index (χ1v) is 11.4. The Hall–Kier alpha value is -0.730. The Balaban J connectivity index is -0.00000171. The van der Waals surface area contributed by atoms with Gasteiger partial charge < -0.3 is 29.7 Å². The molecule has 0 spiro atoms. The number of nitrogens with one attached hydrogen (secondary N) is 1. The molecule has 0 aromatic carbocycles. The van der Waals surface area contributed by atoms with Crippen LogP contribution in [0, 0.1) is 5.92 Å². The summed E-state index contributed by atoms with van der Waals surface area (Å²) < 4.78 is 16.7. The minimum atomic E-state index is -0.441. The fourth-order valence-corrected chi connectivity index (χ4v) is 2.44. The molecule has 0 aliphatic carbocycles. The largest absolute Gasteiger partial charge is 0.396 e. The fourth-order valence-electron chi connectivity index (χ4n) is 2.44. The first-order valence-electron chi connectivity index (χ1n) is 11.4. The zero-order valence-electron chi connectivity index (χ0n) is 21.2. The Morgan fingerprint density at radius 1 is 0.900 bits per heavy atom. The zero-order valence-corrected chi connectivity index (χ0v) is 21.2. The molecule has 1 amide bonds. The molecule has 0 saturated heterocycles. The third-order valence-corrected chi connectivity index (χ3v) is 4.03. The molecule has 184 valence electrons. The smallest absolute Gasteiger partial charge is 0.222 e. The van der Waals surface area contributed by atoms with Crippen LogP contribution in [0.1, 0.15) is 81.1 Å². The molecular weight excluding hydrogens is 386 g/mol. The van der Waals surface area contributed by atoms with Crippen LogP contribution >= 0.6 is 0 Å². The maximum Gasteiger partial charge on any atom is 0.222 e. The van der Waals surface area contributed by atoms with E-state index in [1.54, 1.807) is 7.11 Å². The van der Waals surface area contributed by atoms with Crippen LogP contribution in [0.3, 0.4) is 0 Å². The molecule has 0 unspecified atom stereocenters. The van der Waals surface area contributed by atoms with Crippen LogP contribution in [0.25, 0.3) is 0 Å². The number of hydrogen-bond donors (Lipinski definition) is 3. The lowest BCUT2D eigenvalue weighted by Gasteiger charge is -2.33. The van der Waals surface area contributed by atoms with Crippen LogP contribution in [-0.4, -0.2) is 74.0 Å². The Labute approximate surface area is 185 Å². The number of carbonyl (C=O) groups excluding carboxylic acids is 1. The van der Waals surface area contributed by atoms with E-state index in [1.165, 1.54) is 0 Å². The van der Waals surface area contributed by atoms with Gasteiger partial charge in [-0.2, -0.15) is 0 Å². The van der Waals surface area contributed by atoms with Gasteiger partial charge in [-0.25, -0.2) is 0 Å². The molecule has 7 heteroatoms. The quantitative estimate of drug-likeness (QED) is 0.320. The molecule has 0 aliphatic heterocycles. The molecule has 30 heavy (non-hydrogen) atoms. The van der Waals surface area contributed by atoms with Crippen molar-refractivity contribution in [2.75, 3.05) is 46.7 Å². The van der Waals surface area contributed by atoms with Gasteiger partial charge in [0.25, 0.3) is 0 Å². The number of unbranched alkanes of at least 4 members (excludes halogenated alkanes) is 1. The fraction of sp³-hybridized carbons (Fsp3) is 0.957. The van der Waals surface area contributed by atoms with Crippen LogP contribution in [-0.2, 0) is 19.0 Å². The van der Waals surface area contributed by atoms with E-state index < -0.39 is 11.2 Å². The molecule has 0 fully saturated rings. The van der Waals surface area contributed by atoms with Crippen LogP contribution < -0.4 is 5.32 Å². The predicted octanol–water partition coefficient (Wildman–Crippen LogP) is 3.55. The molecule has 0 bridgehead atoms. The van der Waals surface area contributed by atoms with Gasteiger partial charge in [0, 0.05) is 45.8 Å². The standard InChI is InChI=1S/C19H39NO6.2C2H6/c1-18(2,12-16(13-21)14-22)26-15-19(3,4)25-10-7-6-9-20-17(23)8-11-24-5;2*1-2/h16,21-22H,6-15H2,1-5H3,(H,20,23);2*1-2H3. The van der Waals surface area contributed by atoms with Gasteiger partial charge in [0.05, 0.1) is 24.4 Å². The third-order valence-electron chi connectivity index (χ3n) is 4.03. The maximum atomic E-state index is 11.4. The average Bonchev–Trinajstić information content (AvgIpc) is 2.74. The van der Waals surface area contributed by atoms with Crippen LogP contribution in [0.5, 0.6) is 0 Å². The number of ether oxygens (including phenoxy) is 3. The van der Waals surface area contributed by atoms with Gasteiger partial charge in [-0.3, -0.25) is 4.79 Å². The highest BCUT2D eigenvalue weighted by Gasteiger charge is 2.27. The number of aliphatic hydroxyl groups excluding tert-OH is 2. The highest BCUT2D eigenvalue weighted by atomic mass is 16.6. The van der Waals surface area contributed by atoms with Gasteiger partial charge in [-0.15, -0.1) is 0 Å². The number of rotatable bonds is 16. The van der Waals surface area contributed by atoms with E-state index in [2.05, 4.69) is 5.32 Å². The number of hydrogen-bond acceptors (Lipinski definition) is 6. The molecule has 0 aromatic rings. The summed E-state index contributed by atoms with van der Waals surface area (Å²) in [5, 5.41) is 21.3. The van der Waals surface area contributed by atoms with E-state index in [0.717, 1.165) is 12.8 Å². The highest BCUT2D eigenvalue weighted by Crippen LogP contribution is 2.23. The molecule has 0 heterocycles. The van der Waals surface area contributed by atoms with Crippen molar-refractivity contribution in [1.82, 2.24) is 5.32 Å². The second-order valence-electron chi connectivity index (χ2n) is 7.89. The normalized spacial score (nSPS) is 11.3. The van der Waals surface area contributed by atoms with Crippen molar-refractivity contribution >= 4 is 5.91 Å². The maximum absolute atomic E-state index is 11.4. The van der Waals surface area contributed by atoms with Crippen molar-refractivity contribution in [3.05, 3.63) is 0 Å². The lowest BCUT2D eigenvalue weighted by Crippen LogP contribution is -2.38. The Morgan fingerprint density at radius 3 is 1.97 bits per heavy atom.